The fourth-order valence-corrected chi connectivity index (χ4v) is 3.31. The van der Waals surface area contributed by atoms with E-state index in [9.17, 15) is 13.6 Å². The number of aliphatic imine (C=N–C) groups is 1. The second kappa shape index (κ2) is 4.54. The minimum absolute atomic E-state index is 0.00755. The monoisotopic (exact) mass is 306 g/mol. The first-order chi connectivity index (χ1) is 10.5. The average molecular weight is 306 g/mol. The van der Waals surface area contributed by atoms with Crippen LogP contribution in [0.2, 0.25) is 0 Å². The van der Waals surface area contributed by atoms with Crippen LogP contribution in [-0.2, 0) is 0 Å². The number of alkyl halides is 1. The minimum atomic E-state index is -1.28. The molecule has 5 nitrogen and oxygen atoms in total. The Balaban J connectivity index is 1.69. The summed E-state index contributed by atoms with van der Waals surface area (Å²) in [5, 5.41) is 4.24. The number of allylic oxidation sites excluding steroid dienone is 1. The average Bonchev–Trinajstić information content (AvgIpc) is 3.14. The number of aromatic nitrogens is 3. The normalized spacial score (nSPS) is 33.7. The number of nitrogens with zero attached hydrogens (tertiary/aromatic N) is 4. The first-order valence-corrected chi connectivity index (χ1v) is 7.51. The number of ketones is 1. The van der Waals surface area contributed by atoms with Crippen LogP contribution in [0.15, 0.2) is 17.0 Å². The van der Waals surface area contributed by atoms with Crippen LogP contribution in [-0.4, -0.2) is 26.8 Å². The first-order valence-electron chi connectivity index (χ1n) is 7.51. The van der Waals surface area contributed by atoms with Gasteiger partial charge in [-0.2, -0.15) is 0 Å². The summed E-state index contributed by atoms with van der Waals surface area (Å²) in [6.07, 6.45) is 3.58. The lowest BCUT2D eigenvalue weighted by Gasteiger charge is -2.32. The molecule has 4 rings (SSSR count). The van der Waals surface area contributed by atoms with Crippen LogP contribution >= 0.6 is 0 Å². The van der Waals surface area contributed by atoms with Crippen LogP contribution in [0.25, 0.3) is 0 Å². The van der Waals surface area contributed by atoms with Crippen molar-refractivity contribution in [2.75, 3.05) is 0 Å². The Hall–Kier alpha value is -1.92. The van der Waals surface area contributed by atoms with Crippen molar-refractivity contribution in [3.8, 4) is 0 Å². The number of hydrogen-bond donors (Lipinski definition) is 0. The van der Waals surface area contributed by atoms with Crippen molar-refractivity contribution in [1.82, 2.24) is 14.8 Å². The molecule has 22 heavy (non-hydrogen) atoms. The lowest BCUT2D eigenvalue weighted by atomic mass is 9.78. The van der Waals surface area contributed by atoms with Crippen molar-refractivity contribution in [3.05, 3.63) is 23.7 Å². The lowest BCUT2D eigenvalue weighted by Crippen LogP contribution is -2.32. The molecule has 0 saturated heterocycles. The molecule has 7 heteroatoms. The molecule has 1 fully saturated rings. The van der Waals surface area contributed by atoms with Gasteiger partial charge in [0.2, 0.25) is 11.6 Å². The molecule has 3 atom stereocenters. The summed E-state index contributed by atoms with van der Waals surface area (Å²) in [6, 6.07) is -0.381. The van der Waals surface area contributed by atoms with Crippen LogP contribution in [0.3, 0.4) is 0 Å². The molecular formula is C15H16F2N4O. The number of fused-ring (bicyclic) bond motifs is 1. The van der Waals surface area contributed by atoms with Crippen LogP contribution in [0.5, 0.6) is 0 Å². The molecule has 0 radical (unpaired) electrons. The van der Waals surface area contributed by atoms with Gasteiger partial charge in [0.25, 0.3) is 0 Å². The molecule has 0 bridgehead atoms. The van der Waals surface area contributed by atoms with Crippen LogP contribution in [0, 0.1) is 11.3 Å². The maximum atomic E-state index is 14.3. The highest BCUT2D eigenvalue weighted by molar-refractivity contribution is 5.96. The highest BCUT2D eigenvalue weighted by atomic mass is 19.1. The number of hydrogen-bond acceptors (Lipinski definition) is 4. The quantitative estimate of drug-likeness (QED) is 0.806. The van der Waals surface area contributed by atoms with Gasteiger partial charge in [0.15, 0.2) is 12.0 Å². The molecule has 0 amide bonds. The van der Waals surface area contributed by atoms with E-state index >= 15 is 0 Å². The van der Waals surface area contributed by atoms with E-state index in [4.69, 9.17) is 0 Å². The van der Waals surface area contributed by atoms with Crippen molar-refractivity contribution >= 4 is 12.0 Å². The van der Waals surface area contributed by atoms with E-state index in [2.05, 4.69) is 15.1 Å². The standard InChI is InChI=1S/C15H16F2N4O/c1-15(5-9(16)6-18-7-15)11-4-10(17)14-19-13(20-21(11)14)12(22)8-2-3-8/h6-8,10-11H,2-5H2,1H3/t10-,11-,15?/m0/s1. The van der Waals surface area contributed by atoms with Crippen LogP contribution in [0.1, 0.15) is 61.3 Å². The van der Waals surface area contributed by atoms with Gasteiger partial charge in [-0.1, -0.05) is 6.92 Å². The van der Waals surface area contributed by atoms with Gasteiger partial charge in [-0.15, -0.1) is 5.10 Å². The van der Waals surface area contributed by atoms with E-state index in [1.165, 1.54) is 10.9 Å². The molecule has 1 unspecified atom stereocenters. The fraction of sp³-hybridized carbons (Fsp3) is 0.600. The molecule has 1 aromatic rings. The van der Waals surface area contributed by atoms with E-state index in [0.29, 0.717) is 0 Å². The van der Waals surface area contributed by atoms with Gasteiger partial charge in [0.1, 0.15) is 5.83 Å². The highest BCUT2D eigenvalue weighted by Gasteiger charge is 2.46. The van der Waals surface area contributed by atoms with Gasteiger partial charge in [0.05, 0.1) is 12.2 Å². The number of carbonyl (C=O) groups excluding carboxylic acids is 1. The SMILES string of the molecule is CC1([C@@H]2C[C@H](F)c3nc(C(=O)C4CC4)nn32)C=NC=C(F)C1. The third-order valence-electron chi connectivity index (χ3n) is 4.73. The maximum Gasteiger partial charge on any atom is 0.217 e. The highest BCUT2D eigenvalue weighted by Crippen LogP contribution is 2.48. The smallest absolute Gasteiger partial charge is 0.217 e. The van der Waals surface area contributed by atoms with E-state index in [-0.39, 0.29) is 48.1 Å². The molecule has 3 aliphatic rings. The molecule has 1 saturated carbocycles. The van der Waals surface area contributed by atoms with Gasteiger partial charge in [-0.3, -0.25) is 9.79 Å². The summed E-state index contributed by atoms with van der Waals surface area (Å²) in [5.41, 5.74) is -0.665. The number of halogens is 2. The van der Waals surface area contributed by atoms with Gasteiger partial charge in [-0.25, -0.2) is 18.4 Å². The molecule has 3 heterocycles. The fourth-order valence-electron chi connectivity index (χ4n) is 3.31. The molecular weight excluding hydrogens is 290 g/mol. The van der Waals surface area contributed by atoms with Crippen molar-refractivity contribution in [1.29, 1.82) is 0 Å². The van der Waals surface area contributed by atoms with E-state index < -0.39 is 11.6 Å². The summed E-state index contributed by atoms with van der Waals surface area (Å²) < 4.78 is 29.4. The molecule has 0 N–H and O–H groups in total. The van der Waals surface area contributed by atoms with E-state index in [0.717, 1.165) is 12.8 Å². The van der Waals surface area contributed by atoms with E-state index in [1.807, 2.05) is 6.92 Å². The summed E-state index contributed by atoms with van der Waals surface area (Å²) in [7, 11) is 0. The Labute approximate surface area is 126 Å². The second-order valence-corrected chi connectivity index (χ2v) is 6.63. The Kier molecular flexibility index (Phi) is 2.83. The number of carbonyl (C=O) groups is 1. The summed E-state index contributed by atoms with van der Waals surface area (Å²) in [6.45, 7) is 1.83. The Morgan fingerprint density at radius 3 is 2.91 bits per heavy atom. The molecule has 116 valence electrons. The van der Waals surface area contributed by atoms with Gasteiger partial charge in [-0.05, 0) is 12.8 Å². The Morgan fingerprint density at radius 1 is 1.45 bits per heavy atom. The topological polar surface area (TPSA) is 60.1 Å². The third kappa shape index (κ3) is 2.02. The Bertz CT molecular complexity index is 706. The van der Waals surface area contributed by atoms with Crippen molar-refractivity contribution < 1.29 is 13.6 Å². The van der Waals surface area contributed by atoms with Crippen molar-refractivity contribution in [3.63, 3.8) is 0 Å². The summed E-state index contributed by atoms with van der Waals surface area (Å²) in [4.78, 5) is 20.1. The second-order valence-electron chi connectivity index (χ2n) is 6.63. The zero-order valence-corrected chi connectivity index (χ0v) is 12.2. The number of rotatable bonds is 3. The zero-order chi connectivity index (χ0) is 15.5. The maximum absolute atomic E-state index is 14.3. The van der Waals surface area contributed by atoms with Crippen LogP contribution < -0.4 is 0 Å². The van der Waals surface area contributed by atoms with Gasteiger partial charge in [0, 0.05) is 30.4 Å². The molecule has 1 aliphatic carbocycles. The largest absolute Gasteiger partial charge is 0.290 e. The molecule has 1 aromatic heterocycles. The van der Waals surface area contributed by atoms with Crippen molar-refractivity contribution in [2.45, 2.75) is 44.8 Å². The molecule has 0 aromatic carbocycles. The zero-order valence-electron chi connectivity index (χ0n) is 12.2. The third-order valence-corrected chi connectivity index (χ3v) is 4.73. The molecule has 2 aliphatic heterocycles. The van der Waals surface area contributed by atoms with Crippen LogP contribution in [0.4, 0.5) is 8.78 Å². The number of Topliss-reactive ketones (excluding diaryl/α,β-unsaturated/α-hetero) is 1. The lowest BCUT2D eigenvalue weighted by molar-refractivity contribution is 0.0955. The summed E-state index contributed by atoms with van der Waals surface area (Å²) in [5.74, 6) is -0.174. The Morgan fingerprint density at radius 2 is 2.23 bits per heavy atom. The first kappa shape index (κ1) is 13.7. The minimum Gasteiger partial charge on any atom is -0.290 e. The predicted octanol–water partition coefficient (Wildman–Crippen LogP) is 3.12. The summed E-state index contributed by atoms with van der Waals surface area (Å²) >= 11 is 0. The van der Waals surface area contributed by atoms with Gasteiger partial charge < -0.3 is 0 Å². The molecule has 0 spiro atoms. The predicted molar refractivity (Wildman–Crippen MR) is 75.0 cm³/mol. The van der Waals surface area contributed by atoms with Crippen molar-refractivity contribution in [2.24, 2.45) is 16.3 Å². The van der Waals surface area contributed by atoms with E-state index in [1.54, 1.807) is 6.21 Å². The van der Waals surface area contributed by atoms with Gasteiger partial charge >= 0.3 is 0 Å².